The fraction of sp³-hybridized carbons (Fsp3) is 0.286. The molecule has 0 bridgehead atoms. The summed E-state index contributed by atoms with van der Waals surface area (Å²) in [4.78, 5) is 27.9. The van der Waals surface area contributed by atoms with Crippen molar-refractivity contribution in [3.8, 4) is 0 Å². The van der Waals surface area contributed by atoms with E-state index in [1.807, 2.05) is 6.92 Å². The second-order valence-corrected chi connectivity index (χ2v) is 10.5. The van der Waals surface area contributed by atoms with Gasteiger partial charge in [0.15, 0.2) is 0 Å². The molecule has 0 radical (unpaired) electrons. The van der Waals surface area contributed by atoms with Crippen LogP contribution in [0.4, 0.5) is 14.5 Å². The van der Waals surface area contributed by atoms with Crippen LogP contribution in [0.1, 0.15) is 32.3 Å². The normalized spacial score (nSPS) is 12.0. The Bertz CT molecular complexity index is 1340. The number of nitrogens with one attached hydrogen (secondary N) is 1. The second kappa shape index (κ2) is 13.1. The molecule has 202 valence electrons. The molecule has 3 aromatic rings. The van der Waals surface area contributed by atoms with E-state index >= 15 is 0 Å². The summed E-state index contributed by atoms with van der Waals surface area (Å²) in [5.41, 5.74) is 0.250. The lowest BCUT2D eigenvalue weighted by molar-refractivity contribution is -0.140. The van der Waals surface area contributed by atoms with E-state index in [1.54, 1.807) is 13.0 Å². The van der Waals surface area contributed by atoms with E-state index in [1.165, 1.54) is 71.6 Å². The van der Waals surface area contributed by atoms with Gasteiger partial charge in [-0.05, 0) is 54.8 Å². The molecule has 10 heteroatoms. The third-order valence-electron chi connectivity index (χ3n) is 5.93. The van der Waals surface area contributed by atoms with Crippen molar-refractivity contribution in [3.63, 3.8) is 0 Å². The Kier molecular flexibility index (Phi) is 9.95. The molecule has 0 heterocycles. The molecule has 1 atom stereocenters. The van der Waals surface area contributed by atoms with Gasteiger partial charge in [0, 0.05) is 13.1 Å². The zero-order chi connectivity index (χ0) is 27.7. The molecule has 1 unspecified atom stereocenters. The number of rotatable bonds is 12. The van der Waals surface area contributed by atoms with Crippen LogP contribution in [0.15, 0.2) is 83.8 Å². The van der Waals surface area contributed by atoms with Gasteiger partial charge in [-0.1, -0.05) is 56.3 Å². The van der Waals surface area contributed by atoms with Gasteiger partial charge < -0.3 is 10.2 Å². The molecule has 0 aromatic heterocycles. The van der Waals surface area contributed by atoms with E-state index < -0.39 is 46.1 Å². The maximum absolute atomic E-state index is 14.9. The zero-order valence-electron chi connectivity index (χ0n) is 21.3. The van der Waals surface area contributed by atoms with Crippen LogP contribution in [0.5, 0.6) is 0 Å². The Morgan fingerprint density at radius 2 is 1.53 bits per heavy atom. The van der Waals surface area contributed by atoms with Crippen molar-refractivity contribution in [3.05, 3.63) is 96.1 Å². The highest BCUT2D eigenvalue weighted by Crippen LogP contribution is 2.27. The van der Waals surface area contributed by atoms with Gasteiger partial charge in [0.25, 0.3) is 10.0 Å². The van der Waals surface area contributed by atoms with Crippen LogP contribution in [-0.4, -0.2) is 44.3 Å². The molecule has 38 heavy (non-hydrogen) atoms. The first-order valence-corrected chi connectivity index (χ1v) is 13.8. The maximum atomic E-state index is 14.9. The predicted octanol–water partition coefficient (Wildman–Crippen LogP) is 4.49. The highest BCUT2D eigenvalue weighted by atomic mass is 32.2. The van der Waals surface area contributed by atoms with E-state index in [-0.39, 0.29) is 23.5 Å². The number of amides is 2. The molecular weight excluding hydrogens is 512 g/mol. The molecule has 3 aromatic carbocycles. The lowest BCUT2D eigenvalue weighted by Crippen LogP contribution is -2.52. The third kappa shape index (κ3) is 6.95. The minimum atomic E-state index is -4.35. The molecular formula is C28H31F2N3O4S. The van der Waals surface area contributed by atoms with Crippen LogP contribution < -0.4 is 9.62 Å². The molecule has 0 aliphatic heterocycles. The highest BCUT2D eigenvalue weighted by molar-refractivity contribution is 7.92. The molecule has 0 fully saturated rings. The summed E-state index contributed by atoms with van der Waals surface area (Å²) in [5, 5.41) is 2.78. The van der Waals surface area contributed by atoms with E-state index in [2.05, 4.69) is 5.32 Å². The molecule has 0 spiro atoms. The third-order valence-corrected chi connectivity index (χ3v) is 7.71. The lowest BCUT2D eigenvalue weighted by Gasteiger charge is -2.33. The number of hydrogen-bond donors (Lipinski definition) is 1. The van der Waals surface area contributed by atoms with Crippen molar-refractivity contribution in [2.45, 2.75) is 44.2 Å². The number of anilines is 1. The fourth-order valence-electron chi connectivity index (χ4n) is 3.96. The van der Waals surface area contributed by atoms with Crippen LogP contribution in [0.3, 0.4) is 0 Å². The largest absolute Gasteiger partial charge is 0.354 e. The standard InChI is InChI=1S/C28H31F2N3O4S/c1-3-18-31-28(35)25(4-2)32(19-21-14-16-22(29)17-15-21)27(34)20-33(26-13-9-8-12-24(26)30)38(36,37)23-10-6-5-7-11-23/h5-17,25H,3-4,18-20H2,1-2H3,(H,31,35). The van der Waals surface area contributed by atoms with E-state index in [4.69, 9.17) is 0 Å². The lowest BCUT2D eigenvalue weighted by atomic mass is 10.1. The van der Waals surface area contributed by atoms with Gasteiger partial charge >= 0.3 is 0 Å². The van der Waals surface area contributed by atoms with Crippen molar-refractivity contribution < 1.29 is 26.8 Å². The zero-order valence-corrected chi connectivity index (χ0v) is 22.1. The maximum Gasteiger partial charge on any atom is 0.264 e. The molecule has 3 rings (SSSR count). The summed E-state index contributed by atoms with van der Waals surface area (Å²) in [6.07, 6.45) is 0.929. The van der Waals surface area contributed by atoms with Gasteiger partial charge in [-0.25, -0.2) is 17.2 Å². The van der Waals surface area contributed by atoms with Gasteiger partial charge in [-0.15, -0.1) is 0 Å². The number of carbonyl (C=O) groups excluding carboxylic acids is 2. The summed E-state index contributed by atoms with van der Waals surface area (Å²) < 4.78 is 56.4. The number of para-hydroxylation sites is 1. The second-order valence-electron chi connectivity index (χ2n) is 8.64. The van der Waals surface area contributed by atoms with Crippen molar-refractivity contribution in [2.75, 3.05) is 17.4 Å². The number of carbonyl (C=O) groups is 2. The quantitative estimate of drug-likeness (QED) is 0.365. The summed E-state index contributed by atoms with van der Waals surface area (Å²) >= 11 is 0. The van der Waals surface area contributed by atoms with Gasteiger partial charge in [-0.2, -0.15) is 0 Å². The van der Waals surface area contributed by atoms with Gasteiger partial charge in [0.2, 0.25) is 11.8 Å². The minimum Gasteiger partial charge on any atom is -0.354 e. The predicted molar refractivity (Wildman–Crippen MR) is 142 cm³/mol. The summed E-state index contributed by atoms with van der Waals surface area (Å²) in [5.74, 6) is -2.39. The highest BCUT2D eigenvalue weighted by Gasteiger charge is 2.34. The number of benzene rings is 3. The first-order chi connectivity index (χ1) is 18.2. The molecule has 1 N–H and O–H groups in total. The topological polar surface area (TPSA) is 86.8 Å². The summed E-state index contributed by atoms with van der Waals surface area (Å²) in [6.45, 7) is 3.20. The fourth-order valence-corrected chi connectivity index (χ4v) is 5.40. The molecule has 0 aliphatic carbocycles. The van der Waals surface area contributed by atoms with Crippen LogP contribution in [0.25, 0.3) is 0 Å². The van der Waals surface area contributed by atoms with Gasteiger partial charge in [-0.3, -0.25) is 13.9 Å². The average molecular weight is 544 g/mol. The molecule has 7 nitrogen and oxygen atoms in total. The van der Waals surface area contributed by atoms with Crippen LogP contribution in [0.2, 0.25) is 0 Å². The summed E-state index contributed by atoms with van der Waals surface area (Å²) in [6, 6.07) is 17.2. The Balaban J connectivity index is 2.04. The SMILES string of the molecule is CCCNC(=O)C(CC)N(Cc1ccc(F)cc1)C(=O)CN(c1ccccc1F)S(=O)(=O)c1ccccc1. The molecule has 0 aliphatic rings. The van der Waals surface area contributed by atoms with Crippen LogP contribution in [-0.2, 0) is 26.2 Å². The van der Waals surface area contributed by atoms with Crippen LogP contribution >= 0.6 is 0 Å². The van der Waals surface area contributed by atoms with Crippen molar-refractivity contribution >= 4 is 27.5 Å². The number of halogens is 2. The Labute approximate surface area is 222 Å². The Morgan fingerprint density at radius 1 is 0.895 bits per heavy atom. The molecule has 0 saturated heterocycles. The minimum absolute atomic E-state index is 0.0757. The van der Waals surface area contributed by atoms with Crippen molar-refractivity contribution in [1.29, 1.82) is 0 Å². The first kappa shape index (κ1) is 28.8. The average Bonchev–Trinajstić information content (AvgIpc) is 2.92. The molecule has 0 saturated carbocycles. The Morgan fingerprint density at radius 3 is 2.13 bits per heavy atom. The number of nitrogens with zero attached hydrogens (tertiary/aromatic N) is 2. The first-order valence-electron chi connectivity index (χ1n) is 12.3. The van der Waals surface area contributed by atoms with Gasteiger partial charge in [0.1, 0.15) is 24.2 Å². The van der Waals surface area contributed by atoms with Crippen molar-refractivity contribution in [2.24, 2.45) is 0 Å². The number of hydrogen-bond acceptors (Lipinski definition) is 4. The number of sulfonamides is 1. The van der Waals surface area contributed by atoms with E-state index in [0.717, 1.165) is 6.07 Å². The van der Waals surface area contributed by atoms with Crippen molar-refractivity contribution in [1.82, 2.24) is 10.2 Å². The van der Waals surface area contributed by atoms with Gasteiger partial charge in [0.05, 0.1) is 10.6 Å². The monoisotopic (exact) mass is 543 g/mol. The van der Waals surface area contributed by atoms with E-state index in [9.17, 15) is 26.8 Å². The van der Waals surface area contributed by atoms with E-state index in [0.29, 0.717) is 22.8 Å². The molecule has 2 amide bonds. The Hall–Kier alpha value is -3.79. The smallest absolute Gasteiger partial charge is 0.264 e. The summed E-state index contributed by atoms with van der Waals surface area (Å²) in [7, 11) is -4.35. The van der Waals surface area contributed by atoms with Crippen LogP contribution in [0, 0.1) is 11.6 Å².